The molecule has 1 aliphatic heterocycles. The Balaban J connectivity index is 2.14. The van der Waals surface area contributed by atoms with Crippen LogP contribution in [0.1, 0.15) is 10.3 Å². The fourth-order valence-corrected chi connectivity index (χ4v) is 2.05. The number of rotatable bonds is 2. The minimum atomic E-state index is -2.93. The number of imidazole rings is 1. The molecule has 0 spiro atoms. The van der Waals surface area contributed by atoms with E-state index in [2.05, 4.69) is 15.0 Å². The highest BCUT2D eigenvalue weighted by Crippen LogP contribution is 2.30. The number of nitrogens with zero attached hydrogens (tertiary/aromatic N) is 3. The van der Waals surface area contributed by atoms with Gasteiger partial charge in [0.1, 0.15) is 19.7 Å². The molecule has 0 aromatic carbocycles. The van der Waals surface area contributed by atoms with Crippen molar-refractivity contribution in [1.29, 1.82) is 0 Å². The Morgan fingerprint density at radius 3 is 3.00 bits per heavy atom. The number of nitrogens with two attached hydrogens (primary N) is 1. The second kappa shape index (κ2) is 4.52. The van der Waals surface area contributed by atoms with E-state index in [1.54, 1.807) is 0 Å². The van der Waals surface area contributed by atoms with Crippen LogP contribution in [0.2, 0.25) is 0 Å². The van der Waals surface area contributed by atoms with Crippen molar-refractivity contribution in [3.05, 3.63) is 16.7 Å². The highest BCUT2D eigenvalue weighted by Gasteiger charge is 2.44. The summed E-state index contributed by atoms with van der Waals surface area (Å²) in [4.78, 5) is 21.5. The number of aromatic amines is 1. The number of hydrogen-bond acceptors (Lipinski definition) is 8. The molecule has 0 saturated carbocycles. The van der Waals surface area contributed by atoms with Gasteiger partial charge in [-0.15, -0.1) is 0 Å². The van der Waals surface area contributed by atoms with E-state index in [-0.39, 0.29) is 17.1 Å². The largest absolute Gasteiger partial charge is 0.394 e. The Morgan fingerprint density at radius 1 is 1.60 bits per heavy atom. The normalized spacial score (nSPS) is 33.0. The van der Waals surface area contributed by atoms with E-state index in [0.717, 1.165) is 4.57 Å². The van der Waals surface area contributed by atoms with Crippen molar-refractivity contribution in [2.75, 3.05) is 12.3 Å². The molecule has 0 radical (unpaired) electrons. The molecule has 0 unspecified atom stereocenters. The second-order valence-electron chi connectivity index (χ2n) is 4.26. The summed E-state index contributed by atoms with van der Waals surface area (Å²) < 4.78 is 28.3. The zero-order chi connectivity index (χ0) is 17.1. The van der Waals surface area contributed by atoms with Crippen molar-refractivity contribution in [3.8, 4) is 0 Å². The van der Waals surface area contributed by atoms with Crippen molar-refractivity contribution >= 4 is 17.1 Å². The Labute approximate surface area is 115 Å². The zero-order valence-corrected chi connectivity index (χ0v) is 9.89. The van der Waals surface area contributed by atoms with Gasteiger partial charge in [0, 0.05) is 0 Å². The molecule has 10 heteroatoms. The average molecular weight is 289 g/mol. The lowest BCUT2D eigenvalue weighted by molar-refractivity contribution is -0.0511. The van der Waals surface area contributed by atoms with Gasteiger partial charge in [-0.25, -0.2) is 4.98 Å². The number of nitrogen functional groups attached to an aromatic ring is 1. The Bertz CT molecular complexity index is 818. The summed E-state index contributed by atoms with van der Waals surface area (Å²) in [5.41, 5.74) is 4.33. The molecule has 2 aromatic heterocycles. The molecule has 0 amide bonds. The third-order valence-corrected chi connectivity index (χ3v) is 3.01. The van der Waals surface area contributed by atoms with Crippen molar-refractivity contribution in [2.45, 2.75) is 24.5 Å². The van der Waals surface area contributed by atoms with Gasteiger partial charge >= 0.3 is 0 Å². The standard InChI is InChI=1S/C10H13N5O5/c11-10-13-7-4(8(19)14-10)12-2-15(7)9-6(18)5(17)3(1-16)20-9/h2-3,5-6,9,16-18H,1H2,(H3,11,13,14,19)/t3-,5-,6-,9-/m1/s1/i1T2,2T. The molecule has 3 heterocycles. The van der Waals surface area contributed by atoms with Crippen LogP contribution in [-0.2, 0) is 4.74 Å². The van der Waals surface area contributed by atoms with Gasteiger partial charge in [0.2, 0.25) is 5.95 Å². The first-order valence-corrected chi connectivity index (χ1v) is 5.59. The number of aliphatic hydroxyl groups excluding tert-OH is 2. The molecule has 20 heavy (non-hydrogen) atoms. The lowest BCUT2D eigenvalue weighted by Crippen LogP contribution is -2.33. The Morgan fingerprint density at radius 2 is 2.35 bits per heavy atom. The van der Waals surface area contributed by atoms with E-state index in [9.17, 15) is 20.1 Å². The summed E-state index contributed by atoms with van der Waals surface area (Å²) in [7, 11) is 0. The summed E-state index contributed by atoms with van der Waals surface area (Å²) in [5.74, 6) is -0.259. The minimum absolute atomic E-state index is 0.174. The number of anilines is 1. The second-order valence-corrected chi connectivity index (χ2v) is 4.26. The maximum Gasteiger partial charge on any atom is 0.280 e. The topological polar surface area (TPSA) is 160 Å². The molecule has 10 nitrogen and oxygen atoms in total. The van der Waals surface area contributed by atoms with Crippen LogP contribution >= 0.6 is 0 Å². The monoisotopic (exact) mass is 289 g/mol. The number of fused-ring (bicyclic) bond motifs is 1. The average Bonchev–Trinajstić information content (AvgIpc) is 2.88. The van der Waals surface area contributed by atoms with Crippen LogP contribution < -0.4 is 11.3 Å². The Hall–Kier alpha value is -2.01. The van der Waals surface area contributed by atoms with E-state index in [4.69, 9.17) is 14.6 Å². The van der Waals surface area contributed by atoms with Crippen molar-refractivity contribution in [1.82, 2.24) is 19.5 Å². The molecule has 1 fully saturated rings. The molecule has 1 aliphatic rings. The van der Waals surface area contributed by atoms with Gasteiger partial charge in [-0.05, 0) is 0 Å². The predicted molar refractivity (Wildman–Crippen MR) is 65.6 cm³/mol. The summed E-state index contributed by atoms with van der Waals surface area (Å²) in [6.07, 6.45) is -7.22. The van der Waals surface area contributed by atoms with Crippen molar-refractivity contribution in [2.24, 2.45) is 0 Å². The molecule has 4 atom stereocenters. The zero-order valence-electron chi connectivity index (χ0n) is 12.9. The molecular weight excluding hydrogens is 270 g/mol. The molecule has 108 valence electrons. The molecule has 0 aliphatic carbocycles. The van der Waals surface area contributed by atoms with E-state index < -0.39 is 43.0 Å². The summed E-state index contributed by atoms with van der Waals surface area (Å²) in [6, 6.07) is 0. The number of aliphatic hydroxyl groups is 3. The van der Waals surface area contributed by atoms with Gasteiger partial charge in [-0.1, -0.05) is 0 Å². The van der Waals surface area contributed by atoms with Crippen LogP contribution in [0.4, 0.5) is 5.95 Å². The first-order chi connectivity index (χ1) is 10.6. The SMILES string of the molecule is [3H]c1nc2c(=O)[nH]c(N)nc2n1[C@@H]1O[C@H](C([3H])([3H])O)[C@@H](O)[C@H]1O. The molecule has 3 rings (SSSR count). The summed E-state index contributed by atoms with van der Waals surface area (Å²) >= 11 is 0. The summed E-state index contributed by atoms with van der Waals surface area (Å²) in [5, 5.41) is 29.3. The molecule has 2 aromatic rings. The lowest BCUT2D eigenvalue weighted by Gasteiger charge is -2.16. The molecular formula is C10H13N5O5. The van der Waals surface area contributed by atoms with Crippen LogP contribution in [0.15, 0.2) is 11.1 Å². The van der Waals surface area contributed by atoms with Crippen LogP contribution in [0, 0.1) is 0 Å². The van der Waals surface area contributed by atoms with E-state index in [1.807, 2.05) is 0 Å². The highest BCUT2D eigenvalue weighted by molar-refractivity contribution is 5.70. The smallest absolute Gasteiger partial charge is 0.280 e. The third-order valence-electron chi connectivity index (χ3n) is 3.01. The fourth-order valence-electron chi connectivity index (χ4n) is 2.05. The maximum atomic E-state index is 11.8. The third kappa shape index (κ3) is 1.78. The van der Waals surface area contributed by atoms with Crippen LogP contribution in [0.3, 0.4) is 0 Å². The lowest BCUT2D eigenvalue weighted by atomic mass is 10.1. The highest BCUT2D eigenvalue weighted by atomic mass is 16.6. The van der Waals surface area contributed by atoms with Gasteiger partial charge in [0.25, 0.3) is 5.56 Å². The number of aromatic nitrogens is 4. The van der Waals surface area contributed by atoms with E-state index >= 15 is 0 Å². The number of nitrogens with one attached hydrogen (secondary N) is 1. The van der Waals surface area contributed by atoms with Crippen LogP contribution in [0.25, 0.3) is 11.2 Å². The Kier molecular flexibility index (Phi) is 2.22. The minimum Gasteiger partial charge on any atom is -0.394 e. The predicted octanol–water partition coefficient (Wildman–Crippen LogP) is -2.69. The first-order valence-electron chi connectivity index (χ1n) is 7.09. The van der Waals surface area contributed by atoms with Crippen molar-refractivity contribution in [3.63, 3.8) is 0 Å². The first kappa shape index (κ1) is 9.83. The quantitative estimate of drug-likeness (QED) is 0.399. The van der Waals surface area contributed by atoms with Gasteiger partial charge in [0.05, 0.1) is 15.6 Å². The summed E-state index contributed by atoms with van der Waals surface area (Å²) in [6.45, 7) is -2.93. The number of hydrogen-bond donors (Lipinski definition) is 5. The fraction of sp³-hybridized carbons (Fsp3) is 0.500. The molecule has 0 bridgehead atoms. The van der Waals surface area contributed by atoms with Gasteiger partial charge in [0.15, 0.2) is 17.4 Å². The van der Waals surface area contributed by atoms with Gasteiger partial charge in [-0.2, -0.15) is 4.98 Å². The number of ether oxygens (including phenoxy) is 1. The van der Waals surface area contributed by atoms with Gasteiger partial charge in [-0.3, -0.25) is 14.3 Å². The molecule has 6 N–H and O–H groups in total. The number of H-pyrrole nitrogens is 1. The molecule has 1 saturated heterocycles. The maximum absolute atomic E-state index is 11.8. The van der Waals surface area contributed by atoms with E-state index in [0.29, 0.717) is 0 Å². The van der Waals surface area contributed by atoms with Gasteiger partial charge < -0.3 is 25.8 Å². The van der Waals surface area contributed by atoms with Crippen LogP contribution in [0.5, 0.6) is 0 Å². The van der Waals surface area contributed by atoms with Crippen molar-refractivity contribution < 1.29 is 24.2 Å². The van der Waals surface area contributed by atoms with E-state index in [1.165, 1.54) is 0 Å². The van der Waals surface area contributed by atoms with Crippen LogP contribution in [-0.4, -0.2) is 59.7 Å².